The standard InChI is InChI=1S/C12H9ClF3NO/c1-7-10(6-13)17-18-11(7)8-4-2-3-5-9(8)12(14,15)16/h2-5H,6H2,1H3. The molecule has 0 amide bonds. The molecule has 0 aliphatic carbocycles. The van der Waals surface area contributed by atoms with Crippen molar-refractivity contribution < 1.29 is 17.7 Å². The van der Waals surface area contributed by atoms with Crippen molar-refractivity contribution >= 4 is 11.6 Å². The van der Waals surface area contributed by atoms with Crippen molar-refractivity contribution in [3.05, 3.63) is 41.1 Å². The van der Waals surface area contributed by atoms with Gasteiger partial charge in [0.1, 0.15) is 5.69 Å². The van der Waals surface area contributed by atoms with Gasteiger partial charge in [-0.25, -0.2) is 0 Å². The molecular weight excluding hydrogens is 267 g/mol. The van der Waals surface area contributed by atoms with Gasteiger partial charge in [-0.3, -0.25) is 0 Å². The molecule has 0 atom stereocenters. The second-order valence-electron chi connectivity index (χ2n) is 3.76. The first-order valence-corrected chi connectivity index (χ1v) is 5.66. The molecule has 0 unspecified atom stereocenters. The average Bonchev–Trinajstić information content (AvgIpc) is 2.69. The Balaban J connectivity index is 2.61. The van der Waals surface area contributed by atoms with Crippen LogP contribution in [0.2, 0.25) is 0 Å². The van der Waals surface area contributed by atoms with Crippen LogP contribution in [0.15, 0.2) is 28.8 Å². The van der Waals surface area contributed by atoms with Gasteiger partial charge in [-0.1, -0.05) is 23.4 Å². The summed E-state index contributed by atoms with van der Waals surface area (Å²) in [6.45, 7) is 1.64. The van der Waals surface area contributed by atoms with Crippen LogP contribution in [0, 0.1) is 6.92 Å². The number of rotatable bonds is 2. The number of nitrogens with zero attached hydrogens (tertiary/aromatic N) is 1. The van der Waals surface area contributed by atoms with Gasteiger partial charge in [0.2, 0.25) is 0 Å². The first-order chi connectivity index (χ1) is 8.45. The highest BCUT2D eigenvalue weighted by molar-refractivity contribution is 6.17. The molecule has 1 aromatic heterocycles. The summed E-state index contributed by atoms with van der Waals surface area (Å²) in [5.41, 5.74) is 0.210. The fraction of sp³-hybridized carbons (Fsp3) is 0.250. The lowest BCUT2D eigenvalue weighted by atomic mass is 10.0. The molecule has 1 aromatic carbocycles. The van der Waals surface area contributed by atoms with Crippen LogP contribution in [-0.4, -0.2) is 5.16 Å². The van der Waals surface area contributed by atoms with Gasteiger partial charge in [0.05, 0.1) is 11.4 Å². The zero-order chi connectivity index (χ0) is 13.3. The molecule has 0 saturated heterocycles. The van der Waals surface area contributed by atoms with E-state index in [1.807, 2.05) is 0 Å². The maximum absolute atomic E-state index is 12.9. The van der Waals surface area contributed by atoms with Crippen molar-refractivity contribution in [3.8, 4) is 11.3 Å². The zero-order valence-corrected chi connectivity index (χ0v) is 10.1. The lowest BCUT2D eigenvalue weighted by Crippen LogP contribution is -2.06. The van der Waals surface area contributed by atoms with Crippen molar-refractivity contribution in [2.24, 2.45) is 0 Å². The Morgan fingerprint density at radius 3 is 2.50 bits per heavy atom. The smallest absolute Gasteiger partial charge is 0.356 e. The van der Waals surface area contributed by atoms with E-state index < -0.39 is 11.7 Å². The summed E-state index contributed by atoms with van der Waals surface area (Å²) in [5, 5.41) is 3.66. The van der Waals surface area contributed by atoms with Gasteiger partial charge in [-0.15, -0.1) is 11.6 Å². The molecule has 2 rings (SSSR count). The van der Waals surface area contributed by atoms with E-state index in [1.54, 1.807) is 6.92 Å². The number of aromatic nitrogens is 1. The summed E-state index contributed by atoms with van der Waals surface area (Å²) in [6, 6.07) is 5.22. The monoisotopic (exact) mass is 275 g/mol. The van der Waals surface area contributed by atoms with Crippen molar-refractivity contribution in [1.29, 1.82) is 0 Å². The Bertz CT molecular complexity index is 563. The Labute approximate surface area is 106 Å². The highest BCUT2D eigenvalue weighted by atomic mass is 35.5. The van der Waals surface area contributed by atoms with E-state index in [0.717, 1.165) is 6.07 Å². The molecule has 6 heteroatoms. The molecular formula is C12H9ClF3NO. The van der Waals surface area contributed by atoms with Crippen LogP contribution in [0.5, 0.6) is 0 Å². The van der Waals surface area contributed by atoms with E-state index >= 15 is 0 Å². The van der Waals surface area contributed by atoms with Gasteiger partial charge >= 0.3 is 6.18 Å². The third-order valence-corrected chi connectivity index (χ3v) is 2.88. The first-order valence-electron chi connectivity index (χ1n) is 5.13. The Hall–Kier alpha value is -1.49. The molecule has 0 aliphatic heterocycles. The first kappa shape index (κ1) is 13.0. The van der Waals surface area contributed by atoms with Crippen LogP contribution >= 0.6 is 11.6 Å². The average molecular weight is 276 g/mol. The lowest BCUT2D eigenvalue weighted by Gasteiger charge is -2.10. The third-order valence-electron chi connectivity index (χ3n) is 2.62. The van der Waals surface area contributed by atoms with Crippen LogP contribution < -0.4 is 0 Å². The van der Waals surface area contributed by atoms with E-state index in [9.17, 15) is 13.2 Å². The number of hydrogen-bond acceptors (Lipinski definition) is 2. The van der Waals surface area contributed by atoms with E-state index in [-0.39, 0.29) is 17.2 Å². The number of hydrogen-bond donors (Lipinski definition) is 0. The van der Waals surface area contributed by atoms with Gasteiger partial charge in [-0.05, 0) is 13.0 Å². The van der Waals surface area contributed by atoms with Crippen molar-refractivity contribution in [3.63, 3.8) is 0 Å². The minimum absolute atomic E-state index is 0.0219. The van der Waals surface area contributed by atoms with Crippen LogP contribution in [0.25, 0.3) is 11.3 Å². The molecule has 0 N–H and O–H groups in total. The fourth-order valence-electron chi connectivity index (χ4n) is 1.67. The minimum Gasteiger partial charge on any atom is -0.356 e. The van der Waals surface area contributed by atoms with Gasteiger partial charge < -0.3 is 4.52 Å². The van der Waals surface area contributed by atoms with E-state index in [0.29, 0.717) is 11.3 Å². The maximum atomic E-state index is 12.9. The summed E-state index contributed by atoms with van der Waals surface area (Å²) in [4.78, 5) is 0. The van der Waals surface area contributed by atoms with Crippen molar-refractivity contribution in [1.82, 2.24) is 5.16 Å². The molecule has 2 nitrogen and oxygen atoms in total. The molecule has 0 bridgehead atoms. The van der Waals surface area contributed by atoms with Crippen molar-refractivity contribution in [2.75, 3.05) is 0 Å². The van der Waals surface area contributed by atoms with Crippen molar-refractivity contribution in [2.45, 2.75) is 19.0 Å². The summed E-state index contributed by atoms with van der Waals surface area (Å²) in [6.07, 6.45) is -4.43. The molecule has 2 aromatic rings. The zero-order valence-electron chi connectivity index (χ0n) is 9.38. The molecule has 0 saturated carbocycles. The van der Waals surface area contributed by atoms with E-state index in [2.05, 4.69) is 5.16 Å². The van der Waals surface area contributed by atoms with Crippen LogP contribution in [0.1, 0.15) is 16.8 Å². The molecule has 0 radical (unpaired) electrons. The topological polar surface area (TPSA) is 26.0 Å². The SMILES string of the molecule is Cc1c(CCl)noc1-c1ccccc1C(F)(F)F. The molecule has 0 aliphatic rings. The van der Waals surface area contributed by atoms with Gasteiger partial charge in [-0.2, -0.15) is 13.2 Å². The Kier molecular flexibility index (Phi) is 3.34. The number of benzene rings is 1. The number of alkyl halides is 4. The van der Waals surface area contributed by atoms with E-state index in [1.165, 1.54) is 18.2 Å². The second kappa shape index (κ2) is 4.65. The largest absolute Gasteiger partial charge is 0.417 e. The fourth-order valence-corrected chi connectivity index (χ4v) is 1.92. The highest BCUT2D eigenvalue weighted by Gasteiger charge is 2.34. The van der Waals surface area contributed by atoms with Gasteiger partial charge in [0, 0.05) is 11.1 Å². The molecule has 1 heterocycles. The normalized spacial score (nSPS) is 11.8. The molecule has 0 fully saturated rings. The predicted octanol–water partition coefficient (Wildman–Crippen LogP) is 4.41. The molecule has 96 valence electrons. The molecule has 18 heavy (non-hydrogen) atoms. The highest BCUT2D eigenvalue weighted by Crippen LogP contribution is 2.38. The summed E-state index contributed by atoms with van der Waals surface area (Å²) >= 11 is 5.62. The number of halogens is 4. The lowest BCUT2D eigenvalue weighted by molar-refractivity contribution is -0.137. The predicted molar refractivity (Wildman–Crippen MR) is 61.2 cm³/mol. The van der Waals surface area contributed by atoms with Crippen LogP contribution in [0.3, 0.4) is 0 Å². The van der Waals surface area contributed by atoms with E-state index in [4.69, 9.17) is 16.1 Å². The summed E-state index contributed by atoms with van der Waals surface area (Å²) in [5.74, 6) is 0.211. The second-order valence-corrected chi connectivity index (χ2v) is 4.03. The van der Waals surface area contributed by atoms with Gasteiger partial charge in [0.15, 0.2) is 5.76 Å². The third kappa shape index (κ3) is 2.22. The Morgan fingerprint density at radius 2 is 1.94 bits per heavy atom. The quantitative estimate of drug-likeness (QED) is 0.759. The van der Waals surface area contributed by atoms with Crippen LogP contribution in [-0.2, 0) is 12.1 Å². The maximum Gasteiger partial charge on any atom is 0.417 e. The van der Waals surface area contributed by atoms with Crippen LogP contribution in [0.4, 0.5) is 13.2 Å². The summed E-state index contributed by atoms with van der Waals surface area (Å²) in [7, 11) is 0. The molecule has 0 spiro atoms. The summed E-state index contributed by atoms with van der Waals surface area (Å²) < 4.78 is 43.6. The van der Waals surface area contributed by atoms with Gasteiger partial charge in [0.25, 0.3) is 0 Å². The minimum atomic E-state index is -4.43. The Morgan fingerprint density at radius 1 is 1.28 bits per heavy atom.